The molecule has 1 rings (SSSR count). The number of nitrogens with zero attached hydrogens (tertiary/aromatic N) is 1. The van der Waals surface area contributed by atoms with E-state index in [-0.39, 0.29) is 5.82 Å². The van der Waals surface area contributed by atoms with Gasteiger partial charge in [0.2, 0.25) is 0 Å². The fourth-order valence-corrected chi connectivity index (χ4v) is 1.10. The van der Waals surface area contributed by atoms with Crippen LogP contribution in [0.15, 0.2) is 18.2 Å². The van der Waals surface area contributed by atoms with Crippen LogP contribution in [0, 0.1) is 5.82 Å². The van der Waals surface area contributed by atoms with Gasteiger partial charge in [-0.1, -0.05) is 0 Å². The molecule has 2 nitrogen and oxygen atoms in total. The topological polar surface area (TPSA) is 15.3 Å². The summed E-state index contributed by atoms with van der Waals surface area (Å²) >= 11 is 0. The van der Waals surface area contributed by atoms with Gasteiger partial charge in [-0.15, -0.1) is 0 Å². The van der Waals surface area contributed by atoms with Gasteiger partial charge in [0.1, 0.15) is 5.82 Å². The molecule has 0 aliphatic carbocycles. The molecule has 0 heterocycles. The molecule has 1 aromatic rings. The normalized spacial score (nSPS) is 9.67. The van der Waals surface area contributed by atoms with Crippen LogP contribution >= 0.6 is 0 Å². The Morgan fingerprint density at radius 3 is 2.50 bits per heavy atom. The summed E-state index contributed by atoms with van der Waals surface area (Å²) < 4.78 is 12.7. The van der Waals surface area contributed by atoms with E-state index >= 15 is 0 Å². The molecule has 0 bridgehead atoms. The lowest BCUT2D eigenvalue weighted by Crippen LogP contribution is -2.11. The third-order valence-electron chi connectivity index (χ3n) is 1.71. The number of anilines is 2. The molecular formula is C9H13FN2. The SMILES string of the molecule is CNc1cc(F)ccc1N(C)C. The largest absolute Gasteiger partial charge is 0.386 e. The van der Waals surface area contributed by atoms with Crippen LogP contribution < -0.4 is 10.2 Å². The van der Waals surface area contributed by atoms with Crippen LogP contribution in [0.4, 0.5) is 15.8 Å². The molecule has 0 amide bonds. The predicted molar refractivity (Wildman–Crippen MR) is 50.3 cm³/mol. The second-order valence-corrected chi connectivity index (χ2v) is 2.81. The third kappa shape index (κ3) is 1.67. The summed E-state index contributed by atoms with van der Waals surface area (Å²) in [4.78, 5) is 1.94. The van der Waals surface area contributed by atoms with E-state index in [9.17, 15) is 4.39 Å². The van der Waals surface area contributed by atoms with Crippen molar-refractivity contribution in [3.8, 4) is 0 Å². The van der Waals surface area contributed by atoms with Crippen molar-refractivity contribution in [2.45, 2.75) is 0 Å². The average molecular weight is 168 g/mol. The van der Waals surface area contributed by atoms with Gasteiger partial charge in [-0.05, 0) is 18.2 Å². The molecule has 0 aliphatic heterocycles. The van der Waals surface area contributed by atoms with Crippen LogP contribution in [0.25, 0.3) is 0 Å². The number of halogens is 1. The Morgan fingerprint density at radius 2 is 2.00 bits per heavy atom. The minimum Gasteiger partial charge on any atom is -0.386 e. The number of hydrogen-bond acceptors (Lipinski definition) is 2. The molecular weight excluding hydrogens is 155 g/mol. The first-order chi connectivity index (χ1) is 5.65. The van der Waals surface area contributed by atoms with E-state index in [1.54, 1.807) is 13.1 Å². The highest BCUT2D eigenvalue weighted by molar-refractivity contribution is 5.69. The van der Waals surface area contributed by atoms with Gasteiger partial charge < -0.3 is 10.2 Å². The summed E-state index contributed by atoms with van der Waals surface area (Å²) in [6, 6.07) is 4.69. The van der Waals surface area contributed by atoms with E-state index in [4.69, 9.17) is 0 Å². The summed E-state index contributed by atoms with van der Waals surface area (Å²) in [6.07, 6.45) is 0. The van der Waals surface area contributed by atoms with Crippen molar-refractivity contribution in [3.63, 3.8) is 0 Å². The first-order valence-corrected chi connectivity index (χ1v) is 3.80. The van der Waals surface area contributed by atoms with Gasteiger partial charge in [0, 0.05) is 21.1 Å². The standard InChI is InChI=1S/C9H13FN2/c1-11-8-6-7(10)4-5-9(8)12(2)3/h4-6,11H,1-3H3. The molecule has 0 fully saturated rings. The van der Waals surface area contributed by atoms with Crippen LogP contribution in [0.2, 0.25) is 0 Å². The fraction of sp³-hybridized carbons (Fsp3) is 0.333. The zero-order valence-electron chi connectivity index (χ0n) is 7.56. The molecule has 3 heteroatoms. The first kappa shape index (κ1) is 8.84. The summed E-state index contributed by atoms with van der Waals surface area (Å²) in [6.45, 7) is 0. The average Bonchev–Trinajstić information content (AvgIpc) is 2.03. The highest BCUT2D eigenvalue weighted by Gasteiger charge is 2.03. The van der Waals surface area contributed by atoms with Gasteiger partial charge in [0.05, 0.1) is 11.4 Å². The van der Waals surface area contributed by atoms with Crippen LogP contribution in [0.1, 0.15) is 0 Å². The number of hydrogen-bond donors (Lipinski definition) is 1. The van der Waals surface area contributed by atoms with Gasteiger partial charge in [0.15, 0.2) is 0 Å². The van der Waals surface area contributed by atoms with Crippen molar-refractivity contribution in [1.82, 2.24) is 0 Å². The molecule has 0 atom stereocenters. The molecule has 12 heavy (non-hydrogen) atoms. The Hall–Kier alpha value is -1.25. The molecule has 0 unspecified atom stereocenters. The van der Waals surface area contributed by atoms with Gasteiger partial charge in [-0.2, -0.15) is 0 Å². The van der Waals surface area contributed by atoms with Crippen LogP contribution in [0.3, 0.4) is 0 Å². The zero-order valence-corrected chi connectivity index (χ0v) is 7.56. The maximum Gasteiger partial charge on any atom is 0.125 e. The van der Waals surface area contributed by atoms with Crippen molar-refractivity contribution in [1.29, 1.82) is 0 Å². The Labute approximate surface area is 72.0 Å². The fourth-order valence-electron chi connectivity index (χ4n) is 1.10. The quantitative estimate of drug-likeness (QED) is 0.726. The van der Waals surface area contributed by atoms with Crippen molar-refractivity contribution >= 4 is 11.4 Å². The van der Waals surface area contributed by atoms with E-state index in [0.29, 0.717) is 0 Å². The number of benzene rings is 1. The molecule has 0 radical (unpaired) electrons. The van der Waals surface area contributed by atoms with Crippen LogP contribution in [0.5, 0.6) is 0 Å². The zero-order chi connectivity index (χ0) is 9.14. The van der Waals surface area contributed by atoms with Crippen LogP contribution in [-0.4, -0.2) is 21.1 Å². The lowest BCUT2D eigenvalue weighted by Gasteiger charge is -2.16. The smallest absolute Gasteiger partial charge is 0.125 e. The van der Waals surface area contributed by atoms with Crippen molar-refractivity contribution in [2.24, 2.45) is 0 Å². The summed E-state index contributed by atoms with van der Waals surface area (Å²) in [7, 11) is 5.63. The third-order valence-corrected chi connectivity index (χ3v) is 1.71. The maximum absolute atomic E-state index is 12.7. The van der Waals surface area contributed by atoms with E-state index in [2.05, 4.69) is 5.32 Å². The molecule has 0 aliphatic rings. The Balaban J connectivity index is 3.11. The number of rotatable bonds is 2. The monoisotopic (exact) mass is 168 g/mol. The van der Waals surface area contributed by atoms with E-state index < -0.39 is 0 Å². The highest BCUT2D eigenvalue weighted by atomic mass is 19.1. The number of nitrogens with one attached hydrogen (secondary N) is 1. The Bertz CT molecular complexity index is 271. The minimum atomic E-state index is -0.218. The molecule has 0 aromatic heterocycles. The van der Waals surface area contributed by atoms with Crippen molar-refractivity contribution < 1.29 is 4.39 Å². The molecule has 1 N–H and O–H groups in total. The maximum atomic E-state index is 12.7. The molecule has 0 saturated heterocycles. The highest BCUT2D eigenvalue weighted by Crippen LogP contribution is 2.24. The van der Waals surface area contributed by atoms with E-state index in [0.717, 1.165) is 11.4 Å². The van der Waals surface area contributed by atoms with Gasteiger partial charge >= 0.3 is 0 Å². The van der Waals surface area contributed by atoms with Gasteiger partial charge in [0.25, 0.3) is 0 Å². The molecule has 0 spiro atoms. The minimum absolute atomic E-state index is 0.218. The summed E-state index contributed by atoms with van der Waals surface area (Å²) in [5.74, 6) is -0.218. The first-order valence-electron chi connectivity index (χ1n) is 3.80. The second-order valence-electron chi connectivity index (χ2n) is 2.81. The Morgan fingerprint density at radius 1 is 1.33 bits per heavy atom. The summed E-state index contributed by atoms with van der Waals surface area (Å²) in [5, 5.41) is 2.94. The lowest BCUT2D eigenvalue weighted by atomic mass is 10.2. The second kappa shape index (κ2) is 3.43. The molecule has 0 saturated carbocycles. The van der Waals surface area contributed by atoms with Crippen LogP contribution in [-0.2, 0) is 0 Å². The predicted octanol–water partition coefficient (Wildman–Crippen LogP) is 1.93. The molecule has 1 aromatic carbocycles. The van der Waals surface area contributed by atoms with Gasteiger partial charge in [-0.25, -0.2) is 4.39 Å². The molecule has 66 valence electrons. The van der Waals surface area contributed by atoms with Crippen molar-refractivity contribution in [2.75, 3.05) is 31.4 Å². The van der Waals surface area contributed by atoms with E-state index in [1.165, 1.54) is 12.1 Å². The Kier molecular flexibility index (Phi) is 2.53. The van der Waals surface area contributed by atoms with E-state index in [1.807, 2.05) is 19.0 Å². The van der Waals surface area contributed by atoms with Crippen molar-refractivity contribution in [3.05, 3.63) is 24.0 Å². The lowest BCUT2D eigenvalue weighted by molar-refractivity contribution is 0.628. The summed E-state index contributed by atoms with van der Waals surface area (Å²) in [5.41, 5.74) is 1.79. The van der Waals surface area contributed by atoms with Gasteiger partial charge in [-0.3, -0.25) is 0 Å².